The van der Waals surface area contributed by atoms with E-state index in [-0.39, 0.29) is 0 Å². The van der Waals surface area contributed by atoms with Crippen LogP contribution in [0.2, 0.25) is 0 Å². The zero-order chi connectivity index (χ0) is 14.8. The highest BCUT2D eigenvalue weighted by Crippen LogP contribution is 2.20. The Morgan fingerprint density at radius 3 is 2.50 bits per heavy atom. The van der Waals surface area contributed by atoms with E-state index in [0.717, 1.165) is 12.1 Å². The monoisotopic (exact) mass is 293 g/mol. The van der Waals surface area contributed by atoms with Crippen molar-refractivity contribution in [3.8, 4) is 6.07 Å². The van der Waals surface area contributed by atoms with Gasteiger partial charge in [0.1, 0.15) is 16.5 Å². The lowest BCUT2D eigenvalue weighted by Gasteiger charge is -2.06. The minimum absolute atomic E-state index is 0.317. The molecule has 0 saturated carbocycles. The second-order valence-corrected chi connectivity index (χ2v) is 6.10. The van der Waals surface area contributed by atoms with Crippen molar-refractivity contribution in [1.82, 2.24) is 0 Å². The molecule has 0 bridgehead atoms. The molecule has 0 heterocycles. The number of nitriles is 1. The van der Waals surface area contributed by atoms with Gasteiger partial charge in [-0.05, 0) is 29.8 Å². The Hall–Kier alpha value is -2.26. The van der Waals surface area contributed by atoms with Gasteiger partial charge in [0, 0.05) is 6.07 Å². The summed E-state index contributed by atoms with van der Waals surface area (Å²) in [6, 6.07) is 10.2. The number of hydrogen-bond acceptors (Lipinski definition) is 3. The lowest BCUT2D eigenvalue weighted by molar-refractivity contribution is 0.549. The highest BCUT2D eigenvalue weighted by molar-refractivity contribution is 7.90. The van der Waals surface area contributed by atoms with Crippen molar-refractivity contribution in [2.75, 3.05) is 0 Å². The molecular formula is C14H9F2NO2S. The smallest absolute Gasteiger partial charge is 0.185 e. The SMILES string of the molecule is N#Cc1cccc(CS(=O)(=O)c2ccc(F)cc2F)c1. The summed E-state index contributed by atoms with van der Waals surface area (Å²) in [4.78, 5) is -0.554. The third-order valence-electron chi connectivity index (χ3n) is 2.64. The number of sulfone groups is 1. The van der Waals surface area contributed by atoms with Crippen LogP contribution in [0.5, 0.6) is 0 Å². The first-order valence-corrected chi connectivity index (χ1v) is 7.24. The van der Waals surface area contributed by atoms with Crippen LogP contribution in [0, 0.1) is 23.0 Å². The summed E-state index contributed by atoms with van der Waals surface area (Å²) >= 11 is 0. The van der Waals surface area contributed by atoms with Gasteiger partial charge >= 0.3 is 0 Å². The molecule has 0 N–H and O–H groups in total. The van der Waals surface area contributed by atoms with Gasteiger partial charge in [-0.1, -0.05) is 12.1 Å². The Kier molecular flexibility index (Phi) is 3.81. The fourth-order valence-corrected chi connectivity index (χ4v) is 3.16. The Morgan fingerprint density at radius 1 is 1.10 bits per heavy atom. The standard InChI is InChI=1S/C14H9F2NO2S/c15-12-4-5-14(13(16)7-12)20(18,19)9-11-3-1-2-10(6-11)8-17/h1-7H,9H2. The molecule has 0 aliphatic carbocycles. The summed E-state index contributed by atoms with van der Waals surface area (Å²) in [6.07, 6.45) is 0. The van der Waals surface area contributed by atoms with Gasteiger partial charge in [0.05, 0.1) is 17.4 Å². The maximum Gasteiger partial charge on any atom is 0.185 e. The van der Waals surface area contributed by atoms with Crippen LogP contribution in [0.4, 0.5) is 8.78 Å². The van der Waals surface area contributed by atoms with Gasteiger partial charge in [0.15, 0.2) is 9.84 Å². The summed E-state index contributed by atoms with van der Waals surface area (Å²) in [5, 5.41) is 8.75. The number of rotatable bonds is 3. The summed E-state index contributed by atoms with van der Waals surface area (Å²) in [5.41, 5.74) is 0.685. The zero-order valence-electron chi connectivity index (χ0n) is 10.2. The van der Waals surface area contributed by atoms with E-state index in [1.807, 2.05) is 6.07 Å². The van der Waals surface area contributed by atoms with E-state index < -0.39 is 32.1 Å². The molecule has 102 valence electrons. The van der Waals surface area contributed by atoms with Gasteiger partial charge in [0.2, 0.25) is 0 Å². The van der Waals surface area contributed by atoms with E-state index in [0.29, 0.717) is 17.2 Å². The molecule has 3 nitrogen and oxygen atoms in total. The van der Waals surface area contributed by atoms with Crippen LogP contribution < -0.4 is 0 Å². The van der Waals surface area contributed by atoms with Crippen LogP contribution in [0.25, 0.3) is 0 Å². The van der Waals surface area contributed by atoms with Crippen molar-refractivity contribution in [3.63, 3.8) is 0 Å². The van der Waals surface area contributed by atoms with Gasteiger partial charge < -0.3 is 0 Å². The molecule has 0 aliphatic heterocycles. The van der Waals surface area contributed by atoms with E-state index in [1.54, 1.807) is 6.07 Å². The summed E-state index contributed by atoms with van der Waals surface area (Å²) < 4.78 is 50.5. The van der Waals surface area contributed by atoms with E-state index in [4.69, 9.17) is 5.26 Å². The van der Waals surface area contributed by atoms with Gasteiger partial charge in [-0.2, -0.15) is 5.26 Å². The predicted octanol–water partition coefficient (Wildman–Crippen LogP) is 2.81. The van der Waals surface area contributed by atoms with Crippen LogP contribution in [0.3, 0.4) is 0 Å². The molecule has 0 saturated heterocycles. The van der Waals surface area contributed by atoms with Gasteiger partial charge in [-0.25, -0.2) is 17.2 Å². The third-order valence-corrected chi connectivity index (χ3v) is 4.36. The number of halogens is 2. The van der Waals surface area contributed by atoms with Gasteiger partial charge in [0.25, 0.3) is 0 Å². The van der Waals surface area contributed by atoms with E-state index >= 15 is 0 Å². The Balaban J connectivity index is 2.38. The van der Waals surface area contributed by atoms with Crippen LogP contribution in [-0.4, -0.2) is 8.42 Å². The Morgan fingerprint density at radius 2 is 1.85 bits per heavy atom. The van der Waals surface area contributed by atoms with E-state index in [2.05, 4.69) is 0 Å². The normalized spacial score (nSPS) is 11.1. The molecule has 0 radical (unpaired) electrons. The molecule has 0 amide bonds. The van der Waals surface area contributed by atoms with Crippen molar-refractivity contribution in [3.05, 3.63) is 65.2 Å². The minimum Gasteiger partial charge on any atom is -0.223 e. The quantitative estimate of drug-likeness (QED) is 0.818. The number of benzene rings is 2. The maximum atomic E-state index is 13.5. The summed E-state index contributed by atoms with van der Waals surface area (Å²) in [7, 11) is -3.94. The molecule has 0 spiro atoms. The lowest BCUT2D eigenvalue weighted by atomic mass is 10.2. The van der Waals surface area contributed by atoms with Crippen molar-refractivity contribution >= 4 is 9.84 Å². The van der Waals surface area contributed by atoms with Crippen molar-refractivity contribution in [2.24, 2.45) is 0 Å². The van der Waals surface area contributed by atoms with Crippen molar-refractivity contribution in [2.45, 2.75) is 10.6 Å². The average molecular weight is 293 g/mol. The average Bonchev–Trinajstić information content (AvgIpc) is 2.37. The molecule has 2 rings (SSSR count). The lowest BCUT2D eigenvalue weighted by Crippen LogP contribution is -2.07. The summed E-state index contributed by atoms with van der Waals surface area (Å²) in [5.74, 6) is -2.42. The topological polar surface area (TPSA) is 57.9 Å². The molecule has 0 fully saturated rings. The van der Waals surface area contributed by atoms with E-state index in [9.17, 15) is 17.2 Å². The van der Waals surface area contributed by atoms with Crippen molar-refractivity contribution in [1.29, 1.82) is 5.26 Å². The van der Waals surface area contributed by atoms with Crippen LogP contribution in [0.1, 0.15) is 11.1 Å². The molecule has 0 aliphatic rings. The molecule has 2 aromatic carbocycles. The first-order valence-electron chi connectivity index (χ1n) is 5.59. The maximum absolute atomic E-state index is 13.5. The highest BCUT2D eigenvalue weighted by Gasteiger charge is 2.20. The number of nitrogens with zero attached hydrogens (tertiary/aromatic N) is 1. The van der Waals surface area contributed by atoms with Gasteiger partial charge in [-0.15, -0.1) is 0 Å². The van der Waals surface area contributed by atoms with Crippen molar-refractivity contribution < 1.29 is 17.2 Å². The number of hydrogen-bond donors (Lipinski definition) is 0. The van der Waals surface area contributed by atoms with Crippen LogP contribution in [0.15, 0.2) is 47.4 Å². The molecule has 0 aromatic heterocycles. The molecule has 6 heteroatoms. The predicted molar refractivity (Wildman–Crippen MR) is 68.4 cm³/mol. The molecule has 0 unspecified atom stereocenters. The molecular weight excluding hydrogens is 284 g/mol. The fraction of sp³-hybridized carbons (Fsp3) is 0.0714. The van der Waals surface area contributed by atoms with Crippen LogP contribution in [-0.2, 0) is 15.6 Å². The van der Waals surface area contributed by atoms with Gasteiger partial charge in [-0.3, -0.25) is 0 Å². The first kappa shape index (κ1) is 14.2. The van der Waals surface area contributed by atoms with Crippen LogP contribution >= 0.6 is 0 Å². The molecule has 20 heavy (non-hydrogen) atoms. The van der Waals surface area contributed by atoms with E-state index in [1.165, 1.54) is 18.2 Å². The minimum atomic E-state index is -3.94. The fourth-order valence-electron chi connectivity index (χ4n) is 1.76. The molecule has 2 aromatic rings. The Labute approximate surface area is 115 Å². The second-order valence-electron chi connectivity index (χ2n) is 4.15. The highest BCUT2D eigenvalue weighted by atomic mass is 32.2. The first-order chi connectivity index (χ1) is 9.42. The zero-order valence-corrected chi connectivity index (χ0v) is 11.0. The molecule has 0 atom stereocenters. The Bertz CT molecular complexity index is 795. The largest absolute Gasteiger partial charge is 0.223 e. The third kappa shape index (κ3) is 3.00. The summed E-state index contributed by atoms with van der Waals surface area (Å²) in [6.45, 7) is 0. The second kappa shape index (κ2) is 5.39.